The van der Waals surface area contributed by atoms with Crippen LogP contribution >= 0.6 is 11.6 Å². The number of nitrogens with zero attached hydrogens (tertiary/aromatic N) is 1. The van der Waals surface area contributed by atoms with Crippen molar-refractivity contribution < 1.29 is 22.9 Å². The lowest BCUT2D eigenvalue weighted by Crippen LogP contribution is -2.12. The van der Waals surface area contributed by atoms with E-state index in [0.717, 1.165) is 6.20 Å². The molecule has 2 rings (SSSR count). The average molecular weight is 314 g/mol. The van der Waals surface area contributed by atoms with Gasteiger partial charge in [-0.05, 0) is 5.56 Å². The predicted octanol–water partition coefficient (Wildman–Crippen LogP) is 2.35. The Balaban J connectivity index is 2.81. The zero-order valence-corrected chi connectivity index (χ0v) is 11.4. The van der Waals surface area contributed by atoms with Crippen LogP contribution in [0.25, 0.3) is 11.1 Å². The lowest BCUT2D eigenvalue weighted by Gasteiger charge is -2.09. The summed E-state index contributed by atoms with van der Waals surface area (Å²) in [5.41, 5.74) is -0.0612. The summed E-state index contributed by atoms with van der Waals surface area (Å²) in [6.45, 7) is 0. The van der Waals surface area contributed by atoms with Gasteiger partial charge in [-0.1, -0.05) is 41.9 Å². The van der Waals surface area contributed by atoms with Crippen LogP contribution in [0, 0.1) is 0 Å². The molecule has 0 saturated heterocycles. The summed E-state index contributed by atoms with van der Waals surface area (Å²) in [5.74, 6) is -1.60. The standard InChI is InChI=1S/C12H8ClNO5S/c13-9-8(7-4-2-1-3-5-7)6-14-10(12(15)16)11(9)20(17,18)19/h1-6H,(H,15,16)(H,17,18,19). The molecule has 2 aromatic rings. The highest BCUT2D eigenvalue weighted by atomic mass is 35.5. The highest BCUT2D eigenvalue weighted by Gasteiger charge is 2.27. The maximum atomic E-state index is 11.3. The van der Waals surface area contributed by atoms with E-state index < -0.39 is 26.7 Å². The Labute approximate surface area is 119 Å². The molecular weight excluding hydrogens is 306 g/mol. The van der Waals surface area contributed by atoms with Crippen LogP contribution in [0.5, 0.6) is 0 Å². The zero-order valence-electron chi connectivity index (χ0n) is 9.82. The predicted molar refractivity (Wildman–Crippen MR) is 71.5 cm³/mol. The average Bonchev–Trinajstić information content (AvgIpc) is 2.37. The third kappa shape index (κ3) is 2.64. The minimum Gasteiger partial charge on any atom is -0.476 e. The Kier molecular flexibility index (Phi) is 3.76. The molecule has 1 aromatic heterocycles. The van der Waals surface area contributed by atoms with Gasteiger partial charge in [0.25, 0.3) is 10.1 Å². The molecule has 0 aliphatic heterocycles. The molecule has 0 radical (unpaired) electrons. The first-order valence-electron chi connectivity index (χ1n) is 5.27. The van der Waals surface area contributed by atoms with Crippen molar-refractivity contribution in [3.8, 4) is 11.1 Å². The lowest BCUT2D eigenvalue weighted by atomic mass is 10.1. The molecule has 6 nitrogen and oxygen atoms in total. The van der Waals surface area contributed by atoms with Crippen LogP contribution < -0.4 is 0 Å². The van der Waals surface area contributed by atoms with E-state index in [1.807, 2.05) is 0 Å². The van der Waals surface area contributed by atoms with Gasteiger partial charge in [0.15, 0.2) is 5.69 Å². The molecule has 0 spiro atoms. The molecule has 1 aromatic carbocycles. The molecular formula is C12H8ClNO5S. The number of carbonyl (C=O) groups is 1. The van der Waals surface area contributed by atoms with E-state index in [0.29, 0.717) is 5.56 Å². The smallest absolute Gasteiger partial charge is 0.356 e. The maximum absolute atomic E-state index is 11.3. The van der Waals surface area contributed by atoms with Crippen LogP contribution in [0.4, 0.5) is 0 Å². The summed E-state index contributed by atoms with van der Waals surface area (Å²) in [7, 11) is -4.81. The molecule has 8 heteroatoms. The van der Waals surface area contributed by atoms with Crippen molar-refractivity contribution in [1.29, 1.82) is 0 Å². The number of hydrogen-bond acceptors (Lipinski definition) is 4. The number of halogens is 1. The second-order valence-electron chi connectivity index (χ2n) is 3.81. The van der Waals surface area contributed by atoms with E-state index in [-0.39, 0.29) is 10.6 Å². The summed E-state index contributed by atoms with van der Waals surface area (Å²) in [4.78, 5) is 13.6. The van der Waals surface area contributed by atoms with E-state index in [9.17, 15) is 13.2 Å². The van der Waals surface area contributed by atoms with Crippen molar-refractivity contribution in [1.82, 2.24) is 4.98 Å². The molecule has 0 aliphatic carbocycles. The van der Waals surface area contributed by atoms with Gasteiger partial charge in [0.2, 0.25) is 0 Å². The number of aromatic nitrogens is 1. The Morgan fingerprint density at radius 1 is 1.20 bits per heavy atom. The Bertz CT molecular complexity index is 774. The SMILES string of the molecule is O=C(O)c1ncc(-c2ccccc2)c(Cl)c1S(=O)(=O)O. The van der Waals surface area contributed by atoms with E-state index in [1.165, 1.54) is 0 Å². The topological polar surface area (TPSA) is 105 Å². The summed E-state index contributed by atoms with van der Waals surface area (Å²) in [6.07, 6.45) is 1.15. The largest absolute Gasteiger partial charge is 0.476 e. The van der Waals surface area contributed by atoms with Crippen molar-refractivity contribution in [2.75, 3.05) is 0 Å². The molecule has 2 N–H and O–H groups in total. The monoisotopic (exact) mass is 313 g/mol. The van der Waals surface area contributed by atoms with E-state index in [2.05, 4.69) is 4.98 Å². The highest BCUT2D eigenvalue weighted by molar-refractivity contribution is 7.86. The lowest BCUT2D eigenvalue weighted by molar-refractivity contribution is 0.0685. The van der Waals surface area contributed by atoms with Crippen molar-refractivity contribution in [3.63, 3.8) is 0 Å². The molecule has 0 fully saturated rings. The number of pyridine rings is 1. The molecule has 0 amide bonds. The van der Waals surface area contributed by atoms with Crippen LogP contribution in [-0.4, -0.2) is 29.0 Å². The summed E-state index contributed by atoms with van der Waals surface area (Å²) in [6, 6.07) is 8.45. The third-order valence-corrected chi connectivity index (χ3v) is 3.94. The van der Waals surface area contributed by atoms with Gasteiger partial charge >= 0.3 is 5.97 Å². The number of hydrogen-bond donors (Lipinski definition) is 2. The van der Waals surface area contributed by atoms with E-state index in [4.69, 9.17) is 21.3 Å². The zero-order chi connectivity index (χ0) is 14.9. The van der Waals surface area contributed by atoms with Gasteiger partial charge in [-0.25, -0.2) is 9.78 Å². The number of rotatable bonds is 3. The van der Waals surface area contributed by atoms with Crippen molar-refractivity contribution in [3.05, 3.63) is 47.2 Å². The van der Waals surface area contributed by atoms with Gasteiger partial charge in [0.05, 0.1) is 5.02 Å². The molecule has 0 aliphatic rings. The minimum atomic E-state index is -4.81. The van der Waals surface area contributed by atoms with Crippen LogP contribution in [-0.2, 0) is 10.1 Å². The first kappa shape index (κ1) is 14.4. The Morgan fingerprint density at radius 2 is 1.80 bits per heavy atom. The highest BCUT2D eigenvalue weighted by Crippen LogP contribution is 2.34. The van der Waals surface area contributed by atoms with Crippen LogP contribution in [0.1, 0.15) is 10.5 Å². The van der Waals surface area contributed by atoms with Gasteiger partial charge in [-0.3, -0.25) is 4.55 Å². The number of carboxylic acid groups (broad SMARTS) is 1. The summed E-state index contributed by atoms with van der Waals surface area (Å²) < 4.78 is 31.8. The number of carboxylic acids is 1. The van der Waals surface area contributed by atoms with Crippen molar-refractivity contribution in [2.45, 2.75) is 4.90 Å². The van der Waals surface area contributed by atoms with Crippen molar-refractivity contribution in [2.24, 2.45) is 0 Å². The van der Waals surface area contributed by atoms with Crippen molar-refractivity contribution >= 4 is 27.7 Å². The number of benzene rings is 1. The fourth-order valence-corrected chi connectivity index (χ4v) is 2.94. The van der Waals surface area contributed by atoms with Gasteiger partial charge in [0.1, 0.15) is 4.90 Å². The second-order valence-corrected chi connectivity index (χ2v) is 5.55. The van der Waals surface area contributed by atoms with E-state index in [1.54, 1.807) is 30.3 Å². The first-order chi connectivity index (χ1) is 9.32. The number of aromatic carboxylic acids is 1. The fourth-order valence-electron chi connectivity index (χ4n) is 1.68. The van der Waals surface area contributed by atoms with Crippen LogP contribution in [0.15, 0.2) is 41.4 Å². The first-order valence-corrected chi connectivity index (χ1v) is 7.09. The molecule has 0 unspecified atom stereocenters. The van der Waals surface area contributed by atoms with Gasteiger partial charge in [-0.15, -0.1) is 0 Å². The molecule has 20 heavy (non-hydrogen) atoms. The van der Waals surface area contributed by atoms with Crippen LogP contribution in [0.2, 0.25) is 5.02 Å². The minimum absolute atomic E-state index is 0.213. The second kappa shape index (κ2) is 5.20. The molecule has 0 atom stereocenters. The molecule has 1 heterocycles. The van der Waals surface area contributed by atoms with Gasteiger partial charge in [0, 0.05) is 11.8 Å². The Hall–Kier alpha value is -1.96. The molecule has 0 bridgehead atoms. The van der Waals surface area contributed by atoms with Gasteiger partial charge in [-0.2, -0.15) is 8.42 Å². The fraction of sp³-hybridized carbons (Fsp3) is 0. The Morgan fingerprint density at radius 3 is 2.30 bits per heavy atom. The normalized spacial score (nSPS) is 11.3. The van der Waals surface area contributed by atoms with Crippen LogP contribution in [0.3, 0.4) is 0 Å². The van der Waals surface area contributed by atoms with E-state index >= 15 is 0 Å². The summed E-state index contributed by atoms with van der Waals surface area (Å²) >= 11 is 5.93. The molecule has 0 saturated carbocycles. The van der Waals surface area contributed by atoms with Gasteiger partial charge < -0.3 is 5.11 Å². The quantitative estimate of drug-likeness (QED) is 0.843. The maximum Gasteiger partial charge on any atom is 0.356 e. The third-order valence-electron chi connectivity index (χ3n) is 2.52. The molecule has 104 valence electrons. The summed E-state index contributed by atoms with van der Waals surface area (Å²) in [5, 5.41) is 8.53.